The third kappa shape index (κ3) is 4.63. The number of aliphatic carboxylic acids is 1. The molecular weight excluding hydrogens is 328 g/mol. The molecule has 0 aliphatic rings. The van der Waals surface area contributed by atoms with Crippen molar-refractivity contribution in [2.24, 2.45) is 5.92 Å². The average molecular weight is 346 g/mol. The van der Waals surface area contributed by atoms with Gasteiger partial charge < -0.3 is 10.0 Å². The molecule has 0 spiro atoms. The number of amides is 1. The van der Waals surface area contributed by atoms with E-state index in [2.05, 4.69) is 5.10 Å². The number of non-ortho nitro benzene ring substituents is 1. The summed E-state index contributed by atoms with van der Waals surface area (Å²) in [6.45, 7) is 3.67. The minimum Gasteiger partial charge on any atom is -0.480 e. The van der Waals surface area contributed by atoms with Crippen LogP contribution >= 0.6 is 0 Å². The molecule has 1 heterocycles. The molecule has 0 aliphatic heterocycles. The number of nitrogens with zero attached hydrogens (tertiary/aromatic N) is 4. The van der Waals surface area contributed by atoms with E-state index in [9.17, 15) is 19.7 Å². The monoisotopic (exact) mass is 346 g/mol. The maximum atomic E-state index is 12.5. The fraction of sp³-hybridized carbons (Fsp3) is 0.312. The zero-order valence-corrected chi connectivity index (χ0v) is 13.8. The van der Waals surface area contributed by atoms with Crippen LogP contribution in [-0.4, -0.2) is 49.7 Å². The number of carbonyl (C=O) groups is 2. The van der Waals surface area contributed by atoms with Crippen molar-refractivity contribution in [2.75, 3.05) is 13.1 Å². The first-order valence-electron chi connectivity index (χ1n) is 7.59. The van der Waals surface area contributed by atoms with Crippen LogP contribution in [0.5, 0.6) is 0 Å². The Balaban J connectivity index is 2.21. The Labute approximate surface area is 143 Å². The molecule has 0 saturated carbocycles. The standard InChI is InChI=1S/C16H18N4O5/c1-11(2)9-18(10-15(21)22)16(23)14-7-8-19(17-14)12-3-5-13(6-4-12)20(24)25/h3-8,11H,9-10H2,1-2H3,(H,21,22). The molecule has 1 aromatic carbocycles. The first kappa shape index (κ1) is 18.1. The predicted octanol–water partition coefficient (Wildman–Crippen LogP) is 1.96. The third-order valence-electron chi connectivity index (χ3n) is 3.33. The van der Waals surface area contributed by atoms with Crippen molar-refractivity contribution >= 4 is 17.6 Å². The van der Waals surface area contributed by atoms with Gasteiger partial charge in [-0.25, -0.2) is 4.68 Å². The van der Waals surface area contributed by atoms with Crippen LogP contribution in [0.3, 0.4) is 0 Å². The Morgan fingerprint density at radius 2 is 1.92 bits per heavy atom. The first-order chi connectivity index (χ1) is 11.8. The smallest absolute Gasteiger partial charge is 0.323 e. The van der Waals surface area contributed by atoms with E-state index in [-0.39, 0.29) is 17.3 Å². The Kier molecular flexibility index (Phi) is 5.48. The van der Waals surface area contributed by atoms with Crippen LogP contribution < -0.4 is 0 Å². The van der Waals surface area contributed by atoms with Crippen LogP contribution in [0.15, 0.2) is 36.5 Å². The van der Waals surface area contributed by atoms with Crippen molar-refractivity contribution in [1.82, 2.24) is 14.7 Å². The minimum absolute atomic E-state index is 0.0447. The van der Waals surface area contributed by atoms with Gasteiger partial charge in [0.25, 0.3) is 11.6 Å². The van der Waals surface area contributed by atoms with Gasteiger partial charge >= 0.3 is 5.97 Å². The zero-order chi connectivity index (χ0) is 18.6. The molecule has 0 saturated heterocycles. The number of hydrogen-bond donors (Lipinski definition) is 1. The normalized spacial score (nSPS) is 10.7. The lowest BCUT2D eigenvalue weighted by Crippen LogP contribution is -2.38. The Bertz CT molecular complexity index is 782. The predicted molar refractivity (Wildman–Crippen MR) is 88.6 cm³/mol. The van der Waals surface area contributed by atoms with Crippen molar-refractivity contribution in [3.63, 3.8) is 0 Å². The fourth-order valence-corrected chi connectivity index (χ4v) is 2.29. The van der Waals surface area contributed by atoms with Crippen LogP contribution in [0.4, 0.5) is 5.69 Å². The summed E-state index contributed by atoms with van der Waals surface area (Å²) in [6.07, 6.45) is 1.54. The highest BCUT2D eigenvalue weighted by Crippen LogP contribution is 2.15. The Morgan fingerprint density at radius 3 is 2.44 bits per heavy atom. The SMILES string of the molecule is CC(C)CN(CC(=O)O)C(=O)c1ccn(-c2ccc([N+](=O)[O-])cc2)n1. The number of nitro benzene ring substituents is 1. The van der Waals surface area contributed by atoms with Gasteiger partial charge in [-0.1, -0.05) is 13.8 Å². The average Bonchev–Trinajstić information content (AvgIpc) is 3.02. The van der Waals surface area contributed by atoms with Crippen molar-refractivity contribution in [1.29, 1.82) is 0 Å². The summed E-state index contributed by atoms with van der Waals surface area (Å²) in [5, 5.41) is 23.8. The number of hydrogen-bond acceptors (Lipinski definition) is 5. The summed E-state index contributed by atoms with van der Waals surface area (Å²) in [7, 11) is 0. The maximum Gasteiger partial charge on any atom is 0.323 e. The first-order valence-corrected chi connectivity index (χ1v) is 7.59. The summed E-state index contributed by atoms with van der Waals surface area (Å²) in [4.78, 5) is 34.9. The lowest BCUT2D eigenvalue weighted by molar-refractivity contribution is -0.384. The van der Waals surface area contributed by atoms with Gasteiger partial charge in [-0.05, 0) is 24.1 Å². The number of carbonyl (C=O) groups excluding carboxylic acids is 1. The quantitative estimate of drug-likeness (QED) is 0.605. The molecule has 25 heavy (non-hydrogen) atoms. The molecule has 0 bridgehead atoms. The van der Waals surface area contributed by atoms with Crippen molar-refractivity contribution in [2.45, 2.75) is 13.8 Å². The molecular formula is C16H18N4O5. The maximum absolute atomic E-state index is 12.5. The molecule has 0 unspecified atom stereocenters. The molecule has 2 aromatic rings. The number of carboxylic acid groups (broad SMARTS) is 1. The molecule has 0 fully saturated rings. The van der Waals surface area contributed by atoms with E-state index in [4.69, 9.17) is 5.11 Å². The van der Waals surface area contributed by atoms with Crippen LogP contribution in [0.1, 0.15) is 24.3 Å². The molecule has 132 valence electrons. The number of aromatic nitrogens is 2. The van der Waals surface area contributed by atoms with Gasteiger partial charge in [0, 0.05) is 24.9 Å². The second kappa shape index (κ2) is 7.56. The van der Waals surface area contributed by atoms with Crippen molar-refractivity contribution < 1.29 is 19.6 Å². The molecule has 1 aromatic heterocycles. The van der Waals surface area contributed by atoms with E-state index < -0.39 is 23.3 Å². The van der Waals surface area contributed by atoms with Crippen LogP contribution in [0, 0.1) is 16.0 Å². The molecule has 2 rings (SSSR count). The summed E-state index contributed by atoms with van der Waals surface area (Å²) < 4.78 is 1.41. The van der Waals surface area contributed by atoms with Crippen molar-refractivity contribution in [3.05, 3.63) is 52.3 Å². The second-order valence-electron chi connectivity index (χ2n) is 5.89. The Hall–Kier alpha value is -3.23. The van der Waals surface area contributed by atoms with Gasteiger partial charge in [0.05, 0.1) is 10.6 Å². The van der Waals surface area contributed by atoms with Crippen LogP contribution in [0.2, 0.25) is 0 Å². The molecule has 0 aliphatic carbocycles. The highest BCUT2D eigenvalue weighted by atomic mass is 16.6. The van der Waals surface area contributed by atoms with E-state index in [1.807, 2.05) is 13.8 Å². The van der Waals surface area contributed by atoms with Crippen LogP contribution in [-0.2, 0) is 4.79 Å². The van der Waals surface area contributed by atoms with E-state index in [1.165, 1.54) is 39.9 Å². The molecule has 1 amide bonds. The lowest BCUT2D eigenvalue weighted by Gasteiger charge is -2.21. The van der Waals surface area contributed by atoms with E-state index in [0.717, 1.165) is 0 Å². The third-order valence-corrected chi connectivity index (χ3v) is 3.33. The molecule has 9 nitrogen and oxygen atoms in total. The van der Waals surface area contributed by atoms with Gasteiger partial charge in [-0.15, -0.1) is 0 Å². The topological polar surface area (TPSA) is 119 Å². The van der Waals surface area contributed by atoms with Gasteiger partial charge in [0.1, 0.15) is 6.54 Å². The van der Waals surface area contributed by atoms with Crippen LogP contribution in [0.25, 0.3) is 5.69 Å². The van der Waals surface area contributed by atoms with Crippen molar-refractivity contribution in [3.8, 4) is 5.69 Å². The molecule has 0 atom stereocenters. The highest BCUT2D eigenvalue weighted by molar-refractivity contribution is 5.94. The highest BCUT2D eigenvalue weighted by Gasteiger charge is 2.21. The number of carboxylic acids is 1. The summed E-state index contributed by atoms with van der Waals surface area (Å²) in [5.74, 6) is -1.46. The van der Waals surface area contributed by atoms with E-state index in [1.54, 1.807) is 6.20 Å². The summed E-state index contributed by atoms with van der Waals surface area (Å²) in [6, 6.07) is 7.20. The lowest BCUT2D eigenvalue weighted by atomic mass is 10.2. The molecule has 0 radical (unpaired) electrons. The Morgan fingerprint density at radius 1 is 1.28 bits per heavy atom. The van der Waals surface area contributed by atoms with E-state index in [0.29, 0.717) is 12.2 Å². The number of nitro groups is 1. The van der Waals surface area contributed by atoms with Gasteiger partial charge in [-0.3, -0.25) is 19.7 Å². The van der Waals surface area contributed by atoms with Gasteiger partial charge in [-0.2, -0.15) is 5.10 Å². The van der Waals surface area contributed by atoms with E-state index >= 15 is 0 Å². The minimum atomic E-state index is -1.09. The fourth-order valence-electron chi connectivity index (χ4n) is 2.29. The number of benzene rings is 1. The summed E-state index contributed by atoms with van der Waals surface area (Å²) >= 11 is 0. The van der Waals surface area contributed by atoms with Gasteiger partial charge in [0.15, 0.2) is 5.69 Å². The van der Waals surface area contributed by atoms with Gasteiger partial charge in [0.2, 0.25) is 0 Å². The summed E-state index contributed by atoms with van der Waals surface area (Å²) in [5.41, 5.74) is 0.621. The molecule has 9 heteroatoms. The molecule has 1 N–H and O–H groups in total. The second-order valence-corrected chi connectivity index (χ2v) is 5.89. The largest absolute Gasteiger partial charge is 0.480 e. The number of rotatable bonds is 7. The zero-order valence-electron chi connectivity index (χ0n) is 13.8.